The van der Waals surface area contributed by atoms with E-state index in [1.165, 1.54) is 0 Å². The van der Waals surface area contributed by atoms with Gasteiger partial charge in [-0.05, 0) is 23.3 Å². The molecule has 1 aliphatic heterocycles. The highest BCUT2D eigenvalue weighted by molar-refractivity contribution is 8.00. The summed E-state index contributed by atoms with van der Waals surface area (Å²) in [4.78, 5) is 12.8. The number of nitrogens with two attached hydrogens (primary N) is 1. The van der Waals surface area contributed by atoms with E-state index in [0.717, 1.165) is 10.8 Å². The largest absolute Gasteiger partial charge is 0.445 e. The van der Waals surface area contributed by atoms with Crippen LogP contribution in [0.2, 0.25) is 0 Å². The Morgan fingerprint density at radius 3 is 2.91 bits per heavy atom. The molecule has 3 heterocycles. The van der Waals surface area contributed by atoms with Crippen molar-refractivity contribution in [1.82, 2.24) is 19.5 Å². The molecule has 178 valence electrons. The number of aromatic nitrogens is 4. The molecule has 5 rings (SSSR count). The second kappa shape index (κ2) is 9.07. The molecule has 1 fully saturated rings. The van der Waals surface area contributed by atoms with E-state index >= 15 is 4.39 Å². The average molecular weight is 503 g/mol. The minimum atomic E-state index is -2.19. The molecule has 0 saturated carbocycles. The van der Waals surface area contributed by atoms with Crippen LogP contribution in [0.25, 0.3) is 21.9 Å². The van der Waals surface area contributed by atoms with Crippen LogP contribution in [0.5, 0.6) is 5.75 Å². The zero-order valence-corrected chi connectivity index (χ0v) is 20.4. The number of fused-ring (bicyclic) bond motifs is 2. The topological polar surface area (TPSA) is 109 Å². The number of imidazole rings is 1. The molecular formula is C22H24FN6O3PS. The molecule has 34 heavy (non-hydrogen) atoms. The first-order valence-corrected chi connectivity index (χ1v) is 13.2. The quantitative estimate of drug-likeness (QED) is 0.355. The Bertz CT molecular complexity index is 1380. The maximum atomic E-state index is 15.6. The number of anilines is 2. The van der Waals surface area contributed by atoms with Crippen LogP contribution in [-0.2, 0) is 21.1 Å². The van der Waals surface area contributed by atoms with Crippen molar-refractivity contribution in [2.45, 2.75) is 25.4 Å². The summed E-state index contributed by atoms with van der Waals surface area (Å²) in [5.74, 6) is -1.01. The predicted octanol–water partition coefficient (Wildman–Crippen LogP) is 4.43. The van der Waals surface area contributed by atoms with Crippen LogP contribution in [0.15, 0.2) is 48.8 Å². The van der Waals surface area contributed by atoms with E-state index in [1.807, 2.05) is 49.4 Å². The number of benzene rings is 2. The van der Waals surface area contributed by atoms with Gasteiger partial charge in [-0.3, -0.25) is 4.57 Å². The van der Waals surface area contributed by atoms with Crippen LogP contribution in [0.4, 0.5) is 16.2 Å². The van der Waals surface area contributed by atoms with Crippen molar-refractivity contribution in [3.63, 3.8) is 0 Å². The third kappa shape index (κ3) is 4.32. The van der Waals surface area contributed by atoms with Gasteiger partial charge in [0.15, 0.2) is 17.0 Å². The normalized spacial score (nSPS) is 23.4. The van der Waals surface area contributed by atoms with Gasteiger partial charge in [-0.2, -0.15) is 9.97 Å². The van der Waals surface area contributed by atoms with E-state index in [0.29, 0.717) is 22.7 Å². The number of halogens is 1. The Morgan fingerprint density at radius 1 is 1.29 bits per heavy atom. The van der Waals surface area contributed by atoms with Gasteiger partial charge in [-0.15, -0.1) is 0 Å². The van der Waals surface area contributed by atoms with Crippen molar-refractivity contribution in [2.75, 3.05) is 24.7 Å². The van der Waals surface area contributed by atoms with E-state index in [9.17, 15) is 0 Å². The van der Waals surface area contributed by atoms with Crippen LogP contribution >= 0.6 is 7.15 Å². The molecule has 1 saturated heterocycles. The number of alkyl halides is 1. The summed E-state index contributed by atoms with van der Waals surface area (Å²) < 4.78 is 34.7. The van der Waals surface area contributed by atoms with Crippen molar-refractivity contribution in [3.05, 3.63) is 48.8 Å². The number of nitrogens with one attached hydrogen (secondary N) is 1. The zero-order chi connectivity index (χ0) is 23.9. The Kier molecular flexibility index (Phi) is 6.11. The van der Waals surface area contributed by atoms with Crippen molar-refractivity contribution < 1.29 is 18.2 Å². The van der Waals surface area contributed by atoms with Crippen LogP contribution in [0.3, 0.4) is 0 Å². The smallest absolute Gasteiger partial charge is 0.235 e. The molecule has 4 aromatic rings. The van der Waals surface area contributed by atoms with Gasteiger partial charge in [0.1, 0.15) is 18.6 Å². The number of hydrogen-bond donors (Lipinski definition) is 2. The zero-order valence-electron chi connectivity index (χ0n) is 18.6. The van der Waals surface area contributed by atoms with Gasteiger partial charge in [-0.1, -0.05) is 43.3 Å². The van der Waals surface area contributed by atoms with Gasteiger partial charge in [0.25, 0.3) is 0 Å². The second-order valence-electron chi connectivity index (χ2n) is 8.20. The lowest BCUT2D eigenvalue weighted by Gasteiger charge is -2.22. The van der Waals surface area contributed by atoms with Crippen molar-refractivity contribution >= 4 is 52.7 Å². The molecule has 12 heteroatoms. The number of nitrogens with zero attached hydrogens (tertiary/aromatic N) is 4. The fourth-order valence-corrected chi connectivity index (χ4v) is 5.45. The molecule has 1 unspecified atom stereocenters. The number of hydrogen-bond acceptors (Lipinski definition) is 9. The molecule has 1 aliphatic rings. The fraction of sp³-hybridized carbons (Fsp3) is 0.318. The molecule has 0 spiro atoms. The molecular weight excluding hydrogens is 478 g/mol. The lowest BCUT2D eigenvalue weighted by atomic mass is 10.1. The first-order valence-electron chi connectivity index (χ1n) is 10.7. The highest BCUT2D eigenvalue weighted by Crippen LogP contribution is 2.45. The summed E-state index contributed by atoms with van der Waals surface area (Å²) in [7, 11) is -0.479. The van der Waals surface area contributed by atoms with E-state index in [2.05, 4.69) is 20.3 Å². The van der Waals surface area contributed by atoms with Crippen LogP contribution in [-0.4, -0.2) is 39.0 Å². The molecule has 0 aliphatic carbocycles. The van der Waals surface area contributed by atoms with Crippen LogP contribution in [0.1, 0.15) is 19.6 Å². The Labute approximate surface area is 201 Å². The van der Waals surface area contributed by atoms with Gasteiger partial charge >= 0.3 is 0 Å². The Hall–Kier alpha value is -2.85. The molecule has 4 atom stereocenters. The summed E-state index contributed by atoms with van der Waals surface area (Å²) in [6, 6.07) is 13.5. The Morgan fingerprint density at radius 2 is 2.09 bits per heavy atom. The van der Waals surface area contributed by atoms with Crippen molar-refractivity contribution in [1.29, 1.82) is 0 Å². The summed E-state index contributed by atoms with van der Waals surface area (Å²) in [5.41, 5.74) is 6.83. The molecule has 0 radical (unpaired) electrons. The summed E-state index contributed by atoms with van der Waals surface area (Å²) in [5, 5.41) is 4.90. The van der Waals surface area contributed by atoms with Gasteiger partial charge < -0.3 is 24.8 Å². The second-order valence-corrected chi connectivity index (χ2v) is 10.2. The number of rotatable bonds is 7. The average Bonchev–Trinajstić information content (AvgIpc) is 3.37. The minimum Gasteiger partial charge on any atom is -0.445 e. The van der Waals surface area contributed by atoms with E-state index in [1.54, 1.807) is 17.9 Å². The van der Waals surface area contributed by atoms with Crippen LogP contribution in [0, 0.1) is 5.92 Å². The van der Waals surface area contributed by atoms with Crippen molar-refractivity contribution in [2.24, 2.45) is 5.92 Å². The van der Waals surface area contributed by atoms with E-state index in [-0.39, 0.29) is 24.9 Å². The molecule has 3 N–H and O–H groups in total. The Balaban J connectivity index is 1.29. The highest BCUT2D eigenvalue weighted by atomic mass is 32.4. The molecule has 2 aromatic heterocycles. The molecule has 0 amide bonds. The van der Waals surface area contributed by atoms with Gasteiger partial charge in [-0.25, -0.2) is 9.37 Å². The molecule has 9 nitrogen and oxygen atoms in total. The summed E-state index contributed by atoms with van der Waals surface area (Å²) >= 11 is 5.39. The molecule has 0 bridgehead atoms. The first kappa shape index (κ1) is 22.9. The van der Waals surface area contributed by atoms with Gasteiger partial charge in [0, 0.05) is 24.8 Å². The summed E-state index contributed by atoms with van der Waals surface area (Å²) in [6.07, 6.45) is 1.03. The monoisotopic (exact) mass is 502 g/mol. The lowest BCUT2D eigenvalue weighted by Crippen LogP contribution is -2.28. The predicted molar refractivity (Wildman–Crippen MR) is 133 cm³/mol. The third-order valence-electron chi connectivity index (χ3n) is 5.74. The maximum Gasteiger partial charge on any atom is 0.235 e. The minimum absolute atomic E-state index is 0.0861. The van der Waals surface area contributed by atoms with Crippen molar-refractivity contribution in [3.8, 4) is 5.75 Å². The number of nitrogen functional groups attached to an aromatic ring is 1. The van der Waals surface area contributed by atoms with Crippen LogP contribution < -0.4 is 15.6 Å². The standard InChI is InChI=1S/C22H24FN6O3PS/c1-13-10-22(23,11-30-33(34)32-16-9-5-7-14-6-3-4-8-15(14)16)31-20(13)29-12-26-17-18(25-2)27-21(24)28-19(17)29/h3-9,12-13,20,33H,10-11H2,1-2H3,(H3,24,25,27,28)/t13-,20+,22-/m0/s1. The first-order chi connectivity index (χ1) is 16.4. The lowest BCUT2D eigenvalue weighted by molar-refractivity contribution is -0.172. The van der Waals surface area contributed by atoms with Gasteiger partial charge in [0.2, 0.25) is 19.0 Å². The van der Waals surface area contributed by atoms with Gasteiger partial charge in [0.05, 0.1) is 6.33 Å². The summed E-state index contributed by atoms with van der Waals surface area (Å²) in [6.45, 7) is 1.56. The SMILES string of the molecule is CNc1nc(N)nc2c1ncn2[C@@H]1O[C@](F)(CO[PH](=S)Oc2cccc3ccccc23)C[C@@H]1C. The fourth-order valence-electron chi connectivity index (χ4n) is 4.25. The highest BCUT2D eigenvalue weighted by Gasteiger charge is 2.47. The van der Waals surface area contributed by atoms with E-state index in [4.69, 9.17) is 31.3 Å². The third-order valence-corrected chi connectivity index (χ3v) is 7.11. The van der Waals surface area contributed by atoms with E-state index < -0.39 is 19.2 Å². The molecule has 2 aromatic carbocycles. The number of ether oxygens (including phenoxy) is 1. The maximum absolute atomic E-state index is 15.6.